The second kappa shape index (κ2) is 9.59. The highest BCUT2D eigenvalue weighted by atomic mass is 32.1. The fourth-order valence-electron chi connectivity index (χ4n) is 2.99. The van der Waals surface area contributed by atoms with E-state index >= 15 is 0 Å². The molecule has 0 bridgehead atoms. The predicted octanol–water partition coefficient (Wildman–Crippen LogP) is 4.50. The van der Waals surface area contributed by atoms with Crippen LogP contribution in [0.1, 0.15) is 49.5 Å². The van der Waals surface area contributed by atoms with E-state index in [1.165, 1.54) is 41.9 Å². The summed E-state index contributed by atoms with van der Waals surface area (Å²) < 4.78 is 18.2. The lowest BCUT2D eigenvalue weighted by atomic mass is 9.97. The van der Waals surface area contributed by atoms with Crippen LogP contribution in [0.4, 0.5) is 4.39 Å². The minimum Gasteiger partial charge on any atom is -0.448 e. The number of amides is 1. The zero-order chi connectivity index (χ0) is 19.9. The van der Waals surface area contributed by atoms with E-state index in [0.717, 1.165) is 19.3 Å². The van der Waals surface area contributed by atoms with Gasteiger partial charge < -0.3 is 10.1 Å². The van der Waals surface area contributed by atoms with Gasteiger partial charge in [0.2, 0.25) is 0 Å². The summed E-state index contributed by atoms with van der Waals surface area (Å²) in [5.74, 6) is -1.31. The van der Waals surface area contributed by atoms with E-state index in [4.69, 9.17) is 4.74 Å². The van der Waals surface area contributed by atoms with E-state index in [1.807, 2.05) is 0 Å². The number of carbonyl (C=O) groups excluding carboxylic acids is 2. The Morgan fingerprint density at radius 3 is 2.79 bits per heavy atom. The van der Waals surface area contributed by atoms with Gasteiger partial charge in [-0.1, -0.05) is 11.6 Å². The molecule has 0 saturated carbocycles. The first-order chi connectivity index (χ1) is 13.5. The highest BCUT2D eigenvalue weighted by molar-refractivity contribution is 7.13. The Balaban J connectivity index is 1.48. The molecule has 1 aliphatic carbocycles. The molecule has 148 valence electrons. The molecule has 5 nitrogen and oxygen atoms in total. The van der Waals surface area contributed by atoms with Gasteiger partial charge in [-0.3, -0.25) is 4.79 Å². The third kappa shape index (κ3) is 5.48. The third-order valence-corrected chi connectivity index (χ3v) is 5.48. The first-order valence-corrected chi connectivity index (χ1v) is 10.3. The summed E-state index contributed by atoms with van der Waals surface area (Å²) in [5.41, 5.74) is 2.23. The quantitative estimate of drug-likeness (QED) is 0.547. The Morgan fingerprint density at radius 2 is 2.07 bits per heavy atom. The fourth-order valence-corrected chi connectivity index (χ4v) is 3.78. The number of esters is 1. The molecule has 0 aliphatic heterocycles. The van der Waals surface area contributed by atoms with Crippen LogP contribution in [0.5, 0.6) is 0 Å². The number of allylic oxidation sites excluding steroid dienone is 1. The summed E-state index contributed by atoms with van der Waals surface area (Å²) in [5, 5.41) is 4.97. The first-order valence-electron chi connectivity index (χ1n) is 9.41. The molecule has 28 heavy (non-hydrogen) atoms. The molecule has 0 spiro atoms. The first kappa shape index (κ1) is 20.2. The standard InChI is InChI=1S/C21H23FN2O3S/c1-14(19(25)23-12-11-15-5-3-2-4-6-15)27-21(26)18-13-28-20(24-18)16-7-9-17(22)10-8-16/h5,7-10,13-14H,2-4,6,11-12H2,1H3,(H,23,25)/t14-/m0/s1. The van der Waals surface area contributed by atoms with Crippen LogP contribution in [-0.2, 0) is 9.53 Å². The number of hydrogen-bond acceptors (Lipinski definition) is 5. The molecule has 7 heteroatoms. The molecular formula is C21H23FN2O3S. The van der Waals surface area contributed by atoms with Gasteiger partial charge in [0.05, 0.1) is 0 Å². The summed E-state index contributed by atoms with van der Waals surface area (Å²) >= 11 is 1.26. The Morgan fingerprint density at radius 1 is 1.29 bits per heavy atom. The van der Waals surface area contributed by atoms with Crippen molar-refractivity contribution in [1.29, 1.82) is 0 Å². The number of halogens is 1. The Bertz CT molecular complexity index is 861. The molecule has 1 aliphatic rings. The average Bonchev–Trinajstić information content (AvgIpc) is 3.19. The van der Waals surface area contributed by atoms with Crippen LogP contribution in [0, 0.1) is 5.82 Å². The molecule has 0 fully saturated rings. The second-order valence-corrected chi connectivity index (χ2v) is 7.60. The van der Waals surface area contributed by atoms with Crippen LogP contribution in [0.15, 0.2) is 41.3 Å². The maximum Gasteiger partial charge on any atom is 0.358 e. The van der Waals surface area contributed by atoms with Crippen molar-refractivity contribution in [1.82, 2.24) is 10.3 Å². The number of aromatic nitrogens is 1. The largest absolute Gasteiger partial charge is 0.448 e. The predicted molar refractivity (Wildman–Crippen MR) is 107 cm³/mol. The van der Waals surface area contributed by atoms with Crippen LogP contribution >= 0.6 is 11.3 Å². The summed E-state index contributed by atoms with van der Waals surface area (Å²) in [6, 6.07) is 5.87. The number of thiazole rings is 1. The van der Waals surface area contributed by atoms with Crippen molar-refractivity contribution < 1.29 is 18.7 Å². The van der Waals surface area contributed by atoms with Crippen molar-refractivity contribution in [2.24, 2.45) is 0 Å². The van der Waals surface area contributed by atoms with Crippen molar-refractivity contribution in [3.8, 4) is 10.6 Å². The van der Waals surface area contributed by atoms with Gasteiger partial charge in [-0.15, -0.1) is 11.3 Å². The molecule has 1 heterocycles. The van der Waals surface area contributed by atoms with Gasteiger partial charge in [-0.05, 0) is 63.3 Å². The minimum absolute atomic E-state index is 0.135. The minimum atomic E-state index is -0.899. The number of rotatable bonds is 7. The number of nitrogens with one attached hydrogen (secondary N) is 1. The van der Waals surface area contributed by atoms with Gasteiger partial charge in [0.15, 0.2) is 11.8 Å². The van der Waals surface area contributed by atoms with Gasteiger partial charge >= 0.3 is 5.97 Å². The molecule has 3 rings (SSSR count). The van der Waals surface area contributed by atoms with E-state index < -0.39 is 12.1 Å². The van der Waals surface area contributed by atoms with Crippen molar-refractivity contribution in [2.75, 3.05) is 6.54 Å². The Labute approximate surface area is 167 Å². The van der Waals surface area contributed by atoms with E-state index in [0.29, 0.717) is 17.1 Å². The third-order valence-electron chi connectivity index (χ3n) is 4.59. The maximum absolute atomic E-state index is 13.0. The number of carbonyl (C=O) groups is 2. The molecule has 0 unspecified atom stereocenters. The SMILES string of the molecule is C[C@H](OC(=O)c1csc(-c2ccc(F)cc2)n1)C(=O)NCCC1=CCCCC1. The summed E-state index contributed by atoms with van der Waals surface area (Å²) in [7, 11) is 0. The highest BCUT2D eigenvalue weighted by Crippen LogP contribution is 2.24. The van der Waals surface area contributed by atoms with Crippen molar-refractivity contribution in [3.05, 3.63) is 52.8 Å². The van der Waals surface area contributed by atoms with Crippen LogP contribution in [0.2, 0.25) is 0 Å². The van der Waals surface area contributed by atoms with Crippen molar-refractivity contribution >= 4 is 23.2 Å². The lowest BCUT2D eigenvalue weighted by Gasteiger charge is -2.15. The number of benzene rings is 1. The normalized spacial score (nSPS) is 14.9. The van der Waals surface area contributed by atoms with Gasteiger partial charge in [0.25, 0.3) is 5.91 Å². The summed E-state index contributed by atoms with van der Waals surface area (Å²) in [4.78, 5) is 28.6. The zero-order valence-corrected chi connectivity index (χ0v) is 16.6. The Kier molecular flexibility index (Phi) is 6.92. The van der Waals surface area contributed by atoms with E-state index in [-0.39, 0.29) is 17.4 Å². The highest BCUT2D eigenvalue weighted by Gasteiger charge is 2.21. The van der Waals surface area contributed by atoms with E-state index in [9.17, 15) is 14.0 Å². The number of ether oxygens (including phenoxy) is 1. The molecule has 1 N–H and O–H groups in total. The molecule has 1 aromatic carbocycles. The van der Waals surface area contributed by atoms with Crippen LogP contribution < -0.4 is 5.32 Å². The topological polar surface area (TPSA) is 68.3 Å². The molecule has 1 atom stereocenters. The molecule has 0 saturated heterocycles. The number of nitrogens with zero attached hydrogens (tertiary/aromatic N) is 1. The van der Waals surface area contributed by atoms with Gasteiger partial charge in [0.1, 0.15) is 10.8 Å². The monoisotopic (exact) mass is 402 g/mol. The summed E-state index contributed by atoms with van der Waals surface area (Å²) in [6.07, 6.45) is 6.85. The number of hydrogen-bond donors (Lipinski definition) is 1. The molecule has 1 aromatic heterocycles. The lowest BCUT2D eigenvalue weighted by Crippen LogP contribution is -2.36. The van der Waals surface area contributed by atoms with Gasteiger partial charge in [0, 0.05) is 17.5 Å². The lowest BCUT2D eigenvalue weighted by molar-refractivity contribution is -0.129. The van der Waals surface area contributed by atoms with E-state index in [1.54, 1.807) is 24.4 Å². The molecule has 2 aromatic rings. The molecule has 0 radical (unpaired) electrons. The second-order valence-electron chi connectivity index (χ2n) is 6.74. The molecular weight excluding hydrogens is 379 g/mol. The maximum atomic E-state index is 13.0. The van der Waals surface area contributed by atoms with E-state index in [2.05, 4.69) is 16.4 Å². The molecule has 1 amide bonds. The van der Waals surface area contributed by atoms with Crippen LogP contribution in [0.3, 0.4) is 0 Å². The zero-order valence-electron chi connectivity index (χ0n) is 15.7. The smallest absolute Gasteiger partial charge is 0.358 e. The van der Waals surface area contributed by atoms with Crippen LogP contribution in [-0.4, -0.2) is 29.5 Å². The summed E-state index contributed by atoms with van der Waals surface area (Å²) in [6.45, 7) is 2.08. The fraction of sp³-hybridized carbons (Fsp3) is 0.381. The van der Waals surface area contributed by atoms with Gasteiger partial charge in [-0.25, -0.2) is 14.2 Å². The Hall–Kier alpha value is -2.54. The van der Waals surface area contributed by atoms with Crippen molar-refractivity contribution in [3.63, 3.8) is 0 Å². The average molecular weight is 402 g/mol. The van der Waals surface area contributed by atoms with Crippen LogP contribution in [0.25, 0.3) is 10.6 Å². The van der Waals surface area contributed by atoms with Gasteiger partial charge in [-0.2, -0.15) is 0 Å². The van der Waals surface area contributed by atoms with Crippen molar-refractivity contribution in [2.45, 2.75) is 45.1 Å².